The van der Waals surface area contributed by atoms with Gasteiger partial charge in [-0.25, -0.2) is 8.42 Å². The number of aryl methyl sites for hydroxylation is 1. The number of hydrogen-bond donors (Lipinski definition) is 1. The molecule has 0 saturated carbocycles. The van der Waals surface area contributed by atoms with Gasteiger partial charge in [-0.3, -0.25) is 0 Å². The average Bonchev–Trinajstić information content (AvgIpc) is 2.58. The molecule has 0 spiro atoms. The maximum atomic E-state index is 12.8. The lowest BCUT2D eigenvalue weighted by molar-refractivity contribution is 0.506. The Kier molecular flexibility index (Phi) is 4.55. The van der Waals surface area contributed by atoms with Crippen molar-refractivity contribution in [2.45, 2.75) is 56.6 Å². The highest BCUT2D eigenvalue weighted by atomic mass is 32.2. The minimum absolute atomic E-state index is 0.116. The summed E-state index contributed by atoms with van der Waals surface area (Å²) >= 11 is 0. The van der Waals surface area contributed by atoms with Crippen molar-refractivity contribution in [1.82, 2.24) is 0 Å². The minimum atomic E-state index is -3.20. The molecular weight excluding hydrogens is 270 g/mol. The zero-order valence-electron chi connectivity index (χ0n) is 12.5. The van der Waals surface area contributed by atoms with Crippen molar-refractivity contribution in [1.29, 1.82) is 0 Å². The fraction of sp³-hybridized carbons (Fsp3) is 0.625. The van der Waals surface area contributed by atoms with Crippen LogP contribution in [0.1, 0.15) is 50.8 Å². The Labute approximate surface area is 122 Å². The third kappa shape index (κ3) is 2.77. The second-order valence-corrected chi connectivity index (χ2v) is 8.72. The van der Waals surface area contributed by atoms with Crippen molar-refractivity contribution in [3.8, 4) is 0 Å². The number of nitrogens with two attached hydrogens (primary N) is 1. The molecule has 112 valence electrons. The first-order valence-electron chi connectivity index (χ1n) is 7.41. The van der Waals surface area contributed by atoms with Crippen molar-refractivity contribution in [2.75, 3.05) is 0 Å². The molecule has 1 aromatic rings. The second-order valence-electron chi connectivity index (χ2n) is 6.19. The molecule has 4 heteroatoms. The van der Waals surface area contributed by atoms with E-state index in [0.717, 1.165) is 18.4 Å². The first-order valence-corrected chi connectivity index (χ1v) is 9.02. The Hall–Kier alpha value is -0.870. The first-order chi connectivity index (χ1) is 9.35. The summed E-state index contributed by atoms with van der Waals surface area (Å²) < 4.78 is 25.6. The Bertz CT molecular complexity index is 566. The summed E-state index contributed by atoms with van der Waals surface area (Å²) in [5.74, 6) is 0.116. The van der Waals surface area contributed by atoms with E-state index in [-0.39, 0.29) is 11.2 Å². The highest BCUT2D eigenvalue weighted by Gasteiger charge is 2.38. The van der Waals surface area contributed by atoms with E-state index in [1.54, 1.807) is 0 Å². The van der Waals surface area contributed by atoms with E-state index < -0.39 is 21.1 Å². The number of benzene rings is 1. The number of rotatable bonds is 3. The number of fused-ring (bicyclic) bond motifs is 1. The van der Waals surface area contributed by atoms with E-state index in [9.17, 15) is 8.42 Å². The van der Waals surface area contributed by atoms with Gasteiger partial charge in [0, 0.05) is 6.04 Å². The lowest BCUT2D eigenvalue weighted by Crippen LogP contribution is -2.40. The van der Waals surface area contributed by atoms with Gasteiger partial charge in [0.1, 0.15) is 0 Å². The van der Waals surface area contributed by atoms with Crippen LogP contribution in [0.25, 0.3) is 0 Å². The van der Waals surface area contributed by atoms with Crippen LogP contribution in [0, 0.1) is 5.92 Å². The van der Waals surface area contributed by atoms with Crippen LogP contribution in [0.2, 0.25) is 0 Å². The van der Waals surface area contributed by atoms with Crippen LogP contribution >= 0.6 is 0 Å². The summed E-state index contributed by atoms with van der Waals surface area (Å²) in [7, 11) is -3.20. The zero-order valence-corrected chi connectivity index (χ0v) is 13.4. The predicted molar refractivity (Wildman–Crippen MR) is 83.3 cm³/mol. The van der Waals surface area contributed by atoms with E-state index in [0.29, 0.717) is 6.42 Å². The summed E-state index contributed by atoms with van der Waals surface area (Å²) in [6.45, 7) is 5.72. The highest BCUT2D eigenvalue weighted by Crippen LogP contribution is 2.34. The molecule has 0 saturated heterocycles. The molecule has 0 aliphatic heterocycles. The number of sulfone groups is 1. The highest BCUT2D eigenvalue weighted by molar-refractivity contribution is 7.92. The molecule has 0 aromatic heterocycles. The monoisotopic (exact) mass is 295 g/mol. The van der Waals surface area contributed by atoms with Gasteiger partial charge >= 0.3 is 0 Å². The van der Waals surface area contributed by atoms with Gasteiger partial charge in [0.15, 0.2) is 9.84 Å². The quantitative estimate of drug-likeness (QED) is 0.872. The SMILES string of the molecule is CC(C)C(C)S(=O)(=O)C1CCCc2ccccc2C1N. The molecule has 2 rings (SSSR count). The molecule has 0 fully saturated rings. The van der Waals surface area contributed by atoms with Crippen LogP contribution in [-0.2, 0) is 16.3 Å². The maximum absolute atomic E-state index is 12.8. The third-order valence-corrected chi connectivity index (χ3v) is 7.58. The van der Waals surface area contributed by atoms with E-state index >= 15 is 0 Å². The summed E-state index contributed by atoms with van der Waals surface area (Å²) in [6, 6.07) is 7.58. The second kappa shape index (κ2) is 5.86. The van der Waals surface area contributed by atoms with Crippen LogP contribution < -0.4 is 5.73 Å². The fourth-order valence-electron chi connectivity index (χ4n) is 2.98. The zero-order chi connectivity index (χ0) is 14.9. The Morgan fingerprint density at radius 2 is 1.85 bits per heavy atom. The van der Waals surface area contributed by atoms with Crippen molar-refractivity contribution in [2.24, 2.45) is 11.7 Å². The van der Waals surface area contributed by atoms with E-state index in [2.05, 4.69) is 6.07 Å². The predicted octanol–water partition coefficient (Wildman–Crippen LogP) is 2.85. The lowest BCUT2D eigenvalue weighted by atomic mass is 10.00. The van der Waals surface area contributed by atoms with Gasteiger partial charge in [0.2, 0.25) is 0 Å². The molecule has 3 unspecified atom stereocenters. The van der Waals surface area contributed by atoms with Crippen LogP contribution in [0.5, 0.6) is 0 Å². The summed E-state index contributed by atoms with van der Waals surface area (Å²) in [6.07, 6.45) is 2.47. The van der Waals surface area contributed by atoms with Gasteiger partial charge < -0.3 is 5.73 Å². The molecule has 1 aliphatic carbocycles. The summed E-state index contributed by atoms with van der Waals surface area (Å²) in [5, 5.41) is -0.799. The lowest BCUT2D eigenvalue weighted by Gasteiger charge is -2.28. The average molecular weight is 295 g/mol. The Balaban J connectivity index is 2.39. The van der Waals surface area contributed by atoms with Gasteiger partial charge in [-0.1, -0.05) is 38.1 Å². The molecule has 1 aromatic carbocycles. The third-order valence-electron chi connectivity index (χ3n) is 4.63. The molecule has 2 N–H and O–H groups in total. The molecule has 20 heavy (non-hydrogen) atoms. The van der Waals surface area contributed by atoms with Gasteiger partial charge in [-0.2, -0.15) is 0 Å². The van der Waals surface area contributed by atoms with Gasteiger partial charge in [0.25, 0.3) is 0 Å². The van der Waals surface area contributed by atoms with Crippen molar-refractivity contribution >= 4 is 9.84 Å². The normalized spacial score (nSPS) is 25.1. The molecule has 1 aliphatic rings. The van der Waals surface area contributed by atoms with Crippen LogP contribution in [0.4, 0.5) is 0 Å². The maximum Gasteiger partial charge on any atom is 0.157 e. The Morgan fingerprint density at radius 3 is 2.50 bits per heavy atom. The Morgan fingerprint density at radius 1 is 1.20 bits per heavy atom. The van der Waals surface area contributed by atoms with Gasteiger partial charge in [0.05, 0.1) is 10.5 Å². The molecule has 3 atom stereocenters. The molecule has 0 heterocycles. The number of hydrogen-bond acceptors (Lipinski definition) is 3. The molecule has 0 bridgehead atoms. The van der Waals surface area contributed by atoms with Crippen LogP contribution in [0.15, 0.2) is 24.3 Å². The minimum Gasteiger partial charge on any atom is -0.323 e. The van der Waals surface area contributed by atoms with Crippen molar-refractivity contribution in [3.05, 3.63) is 35.4 Å². The fourth-order valence-corrected chi connectivity index (χ4v) is 5.34. The van der Waals surface area contributed by atoms with E-state index in [1.807, 2.05) is 39.0 Å². The molecular formula is C16H25NO2S. The topological polar surface area (TPSA) is 60.2 Å². The van der Waals surface area contributed by atoms with Crippen LogP contribution in [0.3, 0.4) is 0 Å². The van der Waals surface area contributed by atoms with E-state index in [4.69, 9.17) is 5.73 Å². The first kappa shape index (κ1) is 15.5. The van der Waals surface area contributed by atoms with Gasteiger partial charge in [-0.15, -0.1) is 0 Å². The van der Waals surface area contributed by atoms with E-state index in [1.165, 1.54) is 5.56 Å². The molecule has 0 radical (unpaired) electrons. The summed E-state index contributed by atoms with van der Waals surface area (Å²) in [5.41, 5.74) is 8.55. The smallest absolute Gasteiger partial charge is 0.157 e. The molecule has 3 nitrogen and oxygen atoms in total. The van der Waals surface area contributed by atoms with Crippen LogP contribution in [-0.4, -0.2) is 18.9 Å². The molecule has 0 amide bonds. The largest absolute Gasteiger partial charge is 0.323 e. The standard InChI is InChI=1S/C16H25NO2S/c1-11(2)12(3)20(18,19)15-10-6-8-13-7-4-5-9-14(13)16(15)17/h4-5,7,9,11-12,15-16H,6,8,10,17H2,1-3H3. The summed E-state index contributed by atoms with van der Waals surface area (Å²) in [4.78, 5) is 0. The van der Waals surface area contributed by atoms with Crippen molar-refractivity contribution < 1.29 is 8.42 Å². The van der Waals surface area contributed by atoms with Crippen molar-refractivity contribution in [3.63, 3.8) is 0 Å². The van der Waals surface area contributed by atoms with Gasteiger partial charge in [-0.05, 0) is 43.2 Å².